The van der Waals surface area contributed by atoms with Crippen molar-refractivity contribution in [3.8, 4) is 5.75 Å². The maximum Gasteiger partial charge on any atom is 0.306 e. The SMILES string of the molecule is COc1ccccc1C(C)NC(=O)C(C)N1CCC(C(=O)O)CC1.Cl. The van der Waals surface area contributed by atoms with Crippen LogP contribution in [0.4, 0.5) is 0 Å². The molecule has 1 amide bonds. The van der Waals surface area contributed by atoms with Gasteiger partial charge in [0, 0.05) is 5.56 Å². The summed E-state index contributed by atoms with van der Waals surface area (Å²) < 4.78 is 5.34. The molecule has 6 nitrogen and oxygen atoms in total. The quantitative estimate of drug-likeness (QED) is 0.804. The highest BCUT2D eigenvalue weighted by Gasteiger charge is 2.30. The molecule has 0 bridgehead atoms. The van der Waals surface area contributed by atoms with Crippen molar-refractivity contribution in [1.82, 2.24) is 10.2 Å². The number of hydrogen-bond acceptors (Lipinski definition) is 4. The van der Waals surface area contributed by atoms with Crippen LogP contribution < -0.4 is 10.1 Å². The van der Waals surface area contributed by atoms with E-state index < -0.39 is 5.97 Å². The molecule has 0 aromatic heterocycles. The van der Waals surface area contributed by atoms with Gasteiger partial charge in [-0.25, -0.2) is 0 Å². The Morgan fingerprint density at radius 1 is 1.24 bits per heavy atom. The zero-order chi connectivity index (χ0) is 17.7. The highest BCUT2D eigenvalue weighted by Crippen LogP contribution is 2.25. The Kier molecular flexibility index (Phi) is 8.19. The summed E-state index contributed by atoms with van der Waals surface area (Å²) in [6.45, 7) is 5.06. The predicted molar refractivity (Wildman–Crippen MR) is 98.2 cm³/mol. The maximum atomic E-state index is 12.5. The van der Waals surface area contributed by atoms with Gasteiger partial charge in [0.25, 0.3) is 0 Å². The van der Waals surface area contributed by atoms with E-state index in [4.69, 9.17) is 9.84 Å². The minimum atomic E-state index is -0.739. The van der Waals surface area contributed by atoms with Crippen LogP contribution in [0.5, 0.6) is 5.75 Å². The number of likely N-dealkylation sites (tertiary alicyclic amines) is 1. The standard InChI is InChI=1S/C18H26N2O4.ClH/c1-12(15-6-4-5-7-16(15)24-3)19-17(21)13(2)20-10-8-14(9-11-20)18(22)23;/h4-7,12-14H,8-11H2,1-3H3,(H,19,21)(H,22,23);1H. The van der Waals surface area contributed by atoms with Gasteiger partial charge in [0.2, 0.25) is 5.91 Å². The van der Waals surface area contributed by atoms with Crippen molar-refractivity contribution in [1.29, 1.82) is 0 Å². The van der Waals surface area contributed by atoms with Crippen molar-refractivity contribution in [3.63, 3.8) is 0 Å². The van der Waals surface area contributed by atoms with Crippen molar-refractivity contribution in [2.45, 2.75) is 38.8 Å². The number of para-hydroxylation sites is 1. The summed E-state index contributed by atoms with van der Waals surface area (Å²) in [7, 11) is 1.61. The molecule has 7 heteroatoms. The molecule has 2 N–H and O–H groups in total. The zero-order valence-corrected chi connectivity index (χ0v) is 15.7. The number of halogens is 1. The highest BCUT2D eigenvalue weighted by atomic mass is 35.5. The van der Waals surface area contributed by atoms with E-state index >= 15 is 0 Å². The van der Waals surface area contributed by atoms with E-state index in [0.29, 0.717) is 25.9 Å². The van der Waals surface area contributed by atoms with Crippen molar-refractivity contribution >= 4 is 24.3 Å². The second kappa shape index (κ2) is 9.63. The molecule has 1 aliphatic heterocycles. The monoisotopic (exact) mass is 370 g/mol. The van der Waals surface area contributed by atoms with Crippen LogP contribution in [0.3, 0.4) is 0 Å². The van der Waals surface area contributed by atoms with Gasteiger partial charge in [0.1, 0.15) is 5.75 Å². The van der Waals surface area contributed by atoms with Crippen molar-refractivity contribution in [2.75, 3.05) is 20.2 Å². The average molecular weight is 371 g/mol. The van der Waals surface area contributed by atoms with Gasteiger partial charge in [0.05, 0.1) is 25.1 Å². The molecule has 1 aliphatic rings. The van der Waals surface area contributed by atoms with Gasteiger partial charge in [0.15, 0.2) is 0 Å². The third-order valence-electron chi connectivity index (χ3n) is 4.77. The summed E-state index contributed by atoms with van der Waals surface area (Å²) in [6.07, 6.45) is 1.18. The highest BCUT2D eigenvalue weighted by molar-refractivity contribution is 5.85. The number of rotatable bonds is 6. The van der Waals surface area contributed by atoms with Crippen LogP contribution >= 0.6 is 12.4 Å². The number of nitrogens with one attached hydrogen (secondary N) is 1. The van der Waals surface area contributed by atoms with Crippen molar-refractivity contribution in [3.05, 3.63) is 29.8 Å². The predicted octanol–water partition coefficient (Wildman–Crippen LogP) is 2.48. The largest absolute Gasteiger partial charge is 0.496 e. The first kappa shape index (κ1) is 21.3. The first-order valence-corrected chi connectivity index (χ1v) is 8.34. The molecular formula is C18H27ClN2O4. The Hall–Kier alpha value is -1.79. The third kappa shape index (κ3) is 5.34. The third-order valence-corrected chi connectivity index (χ3v) is 4.77. The van der Waals surface area contributed by atoms with Gasteiger partial charge in [-0.3, -0.25) is 14.5 Å². The number of benzene rings is 1. The number of piperidine rings is 1. The molecule has 1 aromatic rings. The Bertz CT molecular complexity index is 588. The Morgan fingerprint density at radius 3 is 2.40 bits per heavy atom. The van der Waals surface area contributed by atoms with E-state index in [-0.39, 0.29) is 36.3 Å². The fourth-order valence-corrected chi connectivity index (χ4v) is 3.14. The minimum Gasteiger partial charge on any atom is -0.496 e. The summed E-state index contributed by atoms with van der Waals surface area (Å²) in [5, 5.41) is 12.1. The summed E-state index contributed by atoms with van der Waals surface area (Å²) >= 11 is 0. The molecule has 2 rings (SSSR count). The van der Waals surface area contributed by atoms with Crippen LogP contribution in [0.25, 0.3) is 0 Å². The van der Waals surface area contributed by atoms with E-state index in [2.05, 4.69) is 5.32 Å². The molecule has 0 saturated carbocycles. The molecule has 2 atom stereocenters. The van der Waals surface area contributed by atoms with Crippen LogP contribution in [0.2, 0.25) is 0 Å². The molecule has 1 fully saturated rings. The lowest BCUT2D eigenvalue weighted by Gasteiger charge is -2.34. The maximum absolute atomic E-state index is 12.5. The van der Waals surface area contributed by atoms with E-state index in [9.17, 15) is 9.59 Å². The van der Waals surface area contributed by atoms with E-state index in [0.717, 1.165) is 11.3 Å². The smallest absolute Gasteiger partial charge is 0.306 e. The summed E-state index contributed by atoms with van der Waals surface area (Å²) in [6, 6.07) is 7.18. The Balaban J connectivity index is 0.00000312. The molecular weight excluding hydrogens is 344 g/mol. The van der Waals surface area contributed by atoms with E-state index in [1.54, 1.807) is 7.11 Å². The van der Waals surface area contributed by atoms with Gasteiger partial charge in [-0.05, 0) is 45.8 Å². The van der Waals surface area contributed by atoms with Crippen molar-refractivity contribution in [2.24, 2.45) is 5.92 Å². The van der Waals surface area contributed by atoms with Crippen LogP contribution in [0.1, 0.15) is 38.3 Å². The van der Waals surface area contributed by atoms with Gasteiger partial charge in [-0.15, -0.1) is 12.4 Å². The fourth-order valence-electron chi connectivity index (χ4n) is 3.14. The average Bonchev–Trinajstić information content (AvgIpc) is 2.60. The summed E-state index contributed by atoms with van der Waals surface area (Å²) in [5.74, 6) is -0.331. The number of carboxylic acid groups (broad SMARTS) is 1. The number of carbonyl (C=O) groups is 2. The normalized spacial score (nSPS) is 17.9. The van der Waals surface area contributed by atoms with Crippen molar-refractivity contribution < 1.29 is 19.4 Å². The lowest BCUT2D eigenvalue weighted by atomic mass is 9.96. The van der Waals surface area contributed by atoms with E-state index in [1.807, 2.05) is 43.0 Å². The van der Waals surface area contributed by atoms with Crippen LogP contribution in [-0.2, 0) is 9.59 Å². The molecule has 25 heavy (non-hydrogen) atoms. The number of nitrogens with zero attached hydrogens (tertiary/aromatic N) is 1. The molecule has 0 radical (unpaired) electrons. The molecule has 140 valence electrons. The first-order valence-electron chi connectivity index (χ1n) is 8.34. The van der Waals surface area contributed by atoms with Gasteiger partial charge >= 0.3 is 5.97 Å². The lowest BCUT2D eigenvalue weighted by molar-refractivity contribution is -0.143. The molecule has 1 saturated heterocycles. The Labute approximate surface area is 154 Å². The zero-order valence-electron chi connectivity index (χ0n) is 14.9. The second-order valence-corrected chi connectivity index (χ2v) is 6.30. The molecule has 0 aliphatic carbocycles. The number of carbonyl (C=O) groups excluding carboxylic acids is 1. The van der Waals surface area contributed by atoms with Gasteiger partial charge in [-0.1, -0.05) is 18.2 Å². The number of amides is 1. The van der Waals surface area contributed by atoms with Gasteiger partial charge in [-0.2, -0.15) is 0 Å². The fraction of sp³-hybridized carbons (Fsp3) is 0.556. The lowest BCUT2D eigenvalue weighted by Crippen LogP contribution is -2.49. The molecule has 1 aromatic carbocycles. The number of hydrogen-bond donors (Lipinski definition) is 2. The number of carboxylic acids is 1. The van der Waals surface area contributed by atoms with Crippen LogP contribution in [-0.4, -0.2) is 48.1 Å². The molecule has 2 unspecified atom stereocenters. The molecule has 1 heterocycles. The van der Waals surface area contributed by atoms with E-state index in [1.165, 1.54) is 0 Å². The minimum absolute atomic E-state index is 0. The van der Waals surface area contributed by atoms with Gasteiger partial charge < -0.3 is 15.2 Å². The number of ether oxygens (including phenoxy) is 1. The topological polar surface area (TPSA) is 78.9 Å². The summed E-state index contributed by atoms with van der Waals surface area (Å²) in [5.41, 5.74) is 0.935. The first-order chi connectivity index (χ1) is 11.4. The second-order valence-electron chi connectivity index (χ2n) is 6.30. The van der Waals surface area contributed by atoms with Crippen LogP contribution in [0.15, 0.2) is 24.3 Å². The van der Waals surface area contributed by atoms with Crippen LogP contribution in [0, 0.1) is 5.92 Å². The molecule has 0 spiro atoms. The number of aliphatic carboxylic acids is 1. The number of methoxy groups -OCH3 is 1. The Morgan fingerprint density at radius 2 is 1.84 bits per heavy atom. The summed E-state index contributed by atoms with van der Waals surface area (Å²) in [4.78, 5) is 25.6.